The SMILES string of the molecule is CCOc1cc(CNC(=NC)N(C)Cc2cc(Cl)cn2C)ccn1. The maximum Gasteiger partial charge on any atom is 0.213 e. The summed E-state index contributed by atoms with van der Waals surface area (Å²) in [6.07, 6.45) is 3.65. The molecule has 130 valence electrons. The van der Waals surface area contributed by atoms with Gasteiger partial charge in [-0.2, -0.15) is 0 Å². The first-order valence-corrected chi connectivity index (χ1v) is 8.21. The number of hydrogen-bond acceptors (Lipinski definition) is 3. The molecule has 0 radical (unpaired) electrons. The van der Waals surface area contributed by atoms with Gasteiger partial charge in [0.2, 0.25) is 5.88 Å². The predicted molar refractivity (Wildman–Crippen MR) is 97.5 cm³/mol. The molecular weight excluding hydrogens is 326 g/mol. The second-order valence-corrected chi connectivity index (χ2v) is 5.89. The van der Waals surface area contributed by atoms with Crippen LogP contribution < -0.4 is 10.1 Å². The van der Waals surface area contributed by atoms with Crippen LogP contribution in [-0.2, 0) is 20.1 Å². The van der Waals surface area contributed by atoms with Crippen LogP contribution in [0.3, 0.4) is 0 Å². The highest BCUT2D eigenvalue weighted by atomic mass is 35.5. The molecule has 1 N–H and O–H groups in total. The van der Waals surface area contributed by atoms with Crippen molar-refractivity contribution in [2.24, 2.45) is 12.0 Å². The maximum absolute atomic E-state index is 6.04. The lowest BCUT2D eigenvalue weighted by Gasteiger charge is -2.22. The van der Waals surface area contributed by atoms with Gasteiger partial charge in [0.15, 0.2) is 5.96 Å². The topological polar surface area (TPSA) is 54.7 Å². The lowest BCUT2D eigenvalue weighted by atomic mass is 10.2. The van der Waals surface area contributed by atoms with Crippen molar-refractivity contribution in [3.05, 3.63) is 46.9 Å². The van der Waals surface area contributed by atoms with Gasteiger partial charge in [-0.05, 0) is 24.6 Å². The van der Waals surface area contributed by atoms with Crippen molar-refractivity contribution in [3.8, 4) is 5.88 Å². The Kier molecular flexibility index (Phi) is 6.49. The third-order valence-electron chi connectivity index (χ3n) is 3.59. The number of aliphatic imine (C=N–C) groups is 1. The van der Waals surface area contributed by atoms with Gasteiger partial charge in [-0.1, -0.05) is 11.6 Å². The molecule has 2 heterocycles. The summed E-state index contributed by atoms with van der Waals surface area (Å²) in [5.41, 5.74) is 2.21. The molecule has 2 aromatic heterocycles. The van der Waals surface area contributed by atoms with Gasteiger partial charge >= 0.3 is 0 Å². The van der Waals surface area contributed by atoms with E-state index in [0.717, 1.165) is 22.2 Å². The number of halogens is 1. The molecule has 7 heteroatoms. The fourth-order valence-electron chi connectivity index (χ4n) is 2.39. The number of nitrogens with one attached hydrogen (secondary N) is 1. The van der Waals surface area contributed by atoms with Crippen LogP contribution in [0.2, 0.25) is 5.02 Å². The maximum atomic E-state index is 6.04. The van der Waals surface area contributed by atoms with E-state index in [1.165, 1.54) is 0 Å². The van der Waals surface area contributed by atoms with Gasteiger partial charge in [-0.25, -0.2) is 4.98 Å². The van der Waals surface area contributed by atoms with Gasteiger partial charge in [-0.3, -0.25) is 4.99 Å². The molecule has 0 spiro atoms. The minimum Gasteiger partial charge on any atom is -0.478 e. The Morgan fingerprint density at radius 2 is 2.25 bits per heavy atom. The highest BCUT2D eigenvalue weighted by molar-refractivity contribution is 6.30. The molecule has 0 aliphatic rings. The molecule has 0 atom stereocenters. The van der Waals surface area contributed by atoms with Crippen molar-refractivity contribution < 1.29 is 4.74 Å². The lowest BCUT2D eigenvalue weighted by Crippen LogP contribution is -2.38. The summed E-state index contributed by atoms with van der Waals surface area (Å²) in [4.78, 5) is 10.6. The standard InChI is InChI=1S/C17H24ClN5O/c1-5-24-16-8-13(6-7-20-16)10-21-17(19-2)23(4)12-15-9-14(18)11-22(15)3/h6-9,11H,5,10,12H2,1-4H3,(H,19,21). The first kappa shape index (κ1) is 18.1. The van der Waals surface area contributed by atoms with Crippen LogP contribution >= 0.6 is 11.6 Å². The van der Waals surface area contributed by atoms with Crippen molar-refractivity contribution in [1.82, 2.24) is 19.8 Å². The van der Waals surface area contributed by atoms with Crippen molar-refractivity contribution in [3.63, 3.8) is 0 Å². The predicted octanol–water partition coefficient (Wildman–Crippen LogP) is 2.68. The third kappa shape index (κ3) is 4.89. The monoisotopic (exact) mass is 349 g/mol. The van der Waals surface area contributed by atoms with Crippen molar-refractivity contribution in [1.29, 1.82) is 0 Å². The Morgan fingerprint density at radius 3 is 2.88 bits per heavy atom. The molecule has 0 aromatic carbocycles. The van der Waals surface area contributed by atoms with Crippen molar-refractivity contribution in [2.75, 3.05) is 20.7 Å². The van der Waals surface area contributed by atoms with E-state index in [9.17, 15) is 0 Å². The van der Waals surface area contributed by atoms with Gasteiger partial charge in [0.1, 0.15) is 0 Å². The Balaban J connectivity index is 1.96. The number of guanidine groups is 1. The zero-order valence-corrected chi connectivity index (χ0v) is 15.3. The minimum atomic E-state index is 0.605. The van der Waals surface area contributed by atoms with Gasteiger partial charge in [0.05, 0.1) is 18.2 Å². The molecule has 24 heavy (non-hydrogen) atoms. The molecule has 2 aromatic rings. The molecule has 0 fully saturated rings. The summed E-state index contributed by atoms with van der Waals surface area (Å²) >= 11 is 6.04. The van der Waals surface area contributed by atoms with E-state index in [-0.39, 0.29) is 0 Å². The minimum absolute atomic E-state index is 0.605. The second-order valence-electron chi connectivity index (χ2n) is 5.45. The molecule has 0 saturated heterocycles. The number of rotatable bonds is 6. The average molecular weight is 350 g/mol. The summed E-state index contributed by atoms with van der Waals surface area (Å²) in [5.74, 6) is 1.45. The van der Waals surface area contributed by atoms with Crippen LogP contribution in [0.4, 0.5) is 0 Å². The Bertz CT molecular complexity index is 698. The van der Waals surface area contributed by atoms with E-state index in [2.05, 4.69) is 20.2 Å². The number of nitrogens with zero attached hydrogens (tertiary/aromatic N) is 4. The van der Waals surface area contributed by atoms with Gasteiger partial charge in [-0.15, -0.1) is 0 Å². The molecule has 0 unspecified atom stereocenters. The fraction of sp³-hybridized carbons (Fsp3) is 0.412. The van der Waals surface area contributed by atoms with E-state index < -0.39 is 0 Å². The zero-order valence-electron chi connectivity index (χ0n) is 14.6. The third-order valence-corrected chi connectivity index (χ3v) is 3.80. The molecule has 2 rings (SSSR count). The molecule has 0 saturated carbocycles. The summed E-state index contributed by atoms with van der Waals surface area (Å²) < 4.78 is 7.44. The summed E-state index contributed by atoms with van der Waals surface area (Å²) in [7, 11) is 5.75. The lowest BCUT2D eigenvalue weighted by molar-refractivity contribution is 0.326. The molecule has 0 bridgehead atoms. The largest absolute Gasteiger partial charge is 0.478 e. The van der Waals surface area contributed by atoms with E-state index in [1.807, 2.05) is 50.0 Å². The van der Waals surface area contributed by atoms with Crippen LogP contribution in [0.15, 0.2) is 35.6 Å². The number of pyridine rings is 1. The number of ether oxygens (including phenoxy) is 1. The number of hydrogen-bond donors (Lipinski definition) is 1. The van der Waals surface area contributed by atoms with E-state index in [1.54, 1.807) is 13.2 Å². The first-order valence-electron chi connectivity index (χ1n) is 7.83. The molecular formula is C17H24ClN5O. The van der Waals surface area contributed by atoms with Crippen molar-refractivity contribution in [2.45, 2.75) is 20.0 Å². The Hall–Kier alpha value is -2.21. The summed E-state index contributed by atoms with van der Waals surface area (Å²) in [5, 5.41) is 4.09. The van der Waals surface area contributed by atoms with E-state index in [0.29, 0.717) is 25.6 Å². The zero-order chi connectivity index (χ0) is 17.5. The van der Waals surface area contributed by atoms with Crippen LogP contribution in [0, 0.1) is 0 Å². The normalized spacial score (nSPS) is 11.5. The smallest absolute Gasteiger partial charge is 0.213 e. The van der Waals surface area contributed by atoms with Gasteiger partial charge < -0.3 is 19.5 Å². The van der Waals surface area contributed by atoms with Crippen LogP contribution in [0.5, 0.6) is 5.88 Å². The van der Waals surface area contributed by atoms with Crippen LogP contribution in [0.25, 0.3) is 0 Å². The molecule has 6 nitrogen and oxygen atoms in total. The van der Waals surface area contributed by atoms with Gasteiger partial charge in [0.25, 0.3) is 0 Å². The summed E-state index contributed by atoms with van der Waals surface area (Å²) in [6.45, 7) is 3.91. The summed E-state index contributed by atoms with van der Waals surface area (Å²) in [6, 6.07) is 5.85. The second kappa shape index (κ2) is 8.59. The van der Waals surface area contributed by atoms with Gasteiger partial charge in [0, 0.05) is 51.8 Å². The molecule has 0 amide bonds. The van der Waals surface area contributed by atoms with E-state index in [4.69, 9.17) is 16.3 Å². The molecule has 0 aliphatic carbocycles. The number of aromatic nitrogens is 2. The highest BCUT2D eigenvalue weighted by Crippen LogP contribution is 2.14. The van der Waals surface area contributed by atoms with E-state index >= 15 is 0 Å². The average Bonchev–Trinajstić information content (AvgIpc) is 2.86. The number of aryl methyl sites for hydroxylation is 1. The molecule has 0 aliphatic heterocycles. The highest BCUT2D eigenvalue weighted by Gasteiger charge is 2.10. The Morgan fingerprint density at radius 1 is 1.46 bits per heavy atom. The fourth-order valence-corrected chi connectivity index (χ4v) is 2.67. The van der Waals surface area contributed by atoms with Crippen molar-refractivity contribution >= 4 is 17.6 Å². The van der Waals surface area contributed by atoms with Crippen LogP contribution in [0.1, 0.15) is 18.2 Å². The van der Waals surface area contributed by atoms with Crippen LogP contribution in [-0.4, -0.2) is 41.1 Å². The first-order chi connectivity index (χ1) is 11.5. The Labute approximate surface area is 148 Å². The quantitative estimate of drug-likeness (QED) is 0.643.